The number of nitrogens with zero attached hydrogens (tertiary/aromatic N) is 4. The van der Waals surface area contributed by atoms with Crippen molar-refractivity contribution < 1.29 is 9.53 Å². The highest BCUT2D eigenvalue weighted by atomic mass is 32.2. The molecule has 1 fully saturated rings. The molecule has 1 N–H and O–H groups in total. The van der Waals surface area contributed by atoms with Gasteiger partial charge in [0.15, 0.2) is 5.17 Å². The lowest BCUT2D eigenvalue weighted by molar-refractivity contribution is -0.122. The van der Waals surface area contributed by atoms with Crippen LogP contribution in [0, 0.1) is 11.3 Å². The topological polar surface area (TPSA) is 81.0 Å². The van der Waals surface area contributed by atoms with Crippen LogP contribution in [0.1, 0.15) is 18.1 Å². The lowest BCUT2D eigenvalue weighted by Crippen LogP contribution is -2.29. The van der Waals surface area contributed by atoms with Gasteiger partial charge in [-0.25, -0.2) is 4.99 Å². The van der Waals surface area contributed by atoms with Gasteiger partial charge in [0.05, 0.1) is 47.4 Å². The summed E-state index contributed by atoms with van der Waals surface area (Å²) in [6.45, 7) is 3.08. The molecular weight excluding hydrogens is 502 g/mol. The standard InChI is InChI=1S/C28H25N5O2S2/c1-4-30-21-14-11-19(16-29)15-22(21)31-28-33(17-18-9-12-20(35-3)13-10-18)26(34)25(37-28)27-32(2)23-7-5-6-8-24(23)36-27/h5-15,30H,4,17H2,1-3H3. The van der Waals surface area contributed by atoms with Crippen molar-refractivity contribution in [1.29, 1.82) is 5.26 Å². The van der Waals surface area contributed by atoms with Crippen molar-refractivity contribution in [3.8, 4) is 11.8 Å². The summed E-state index contributed by atoms with van der Waals surface area (Å²) >= 11 is 2.96. The Hall–Kier alpha value is -3.87. The van der Waals surface area contributed by atoms with E-state index in [2.05, 4.69) is 28.4 Å². The quantitative estimate of drug-likeness (QED) is 0.384. The summed E-state index contributed by atoms with van der Waals surface area (Å²) in [6, 6.07) is 23.3. The maximum absolute atomic E-state index is 13.9. The third kappa shape index (κ3) is 4.90. The van der Waals surface area contributed by atoms with Gasteiger partial charge in [0.1, 0.15) is 10.7 Å². The second-order valence-electron chi connectivity index (χ2n) is 8.37. The summed E-state index contributed by atoms with van der Waals surface area (Å²) in [7, 11) is 3.61. The molecule has 1 saturated heterocycles. The van der Waals surface area contributed by atoms with Gasteiger partial charge in [0, 0.05) is 18.5 Å². The normalized spacial score (nSPS) is 17.8. The molecule has 2 heterocycles. The van der Waals surface area contributed by atoms with Gasteiger partial charge in [0.2, 0.25) is 0 Å². The zero-order chi connectivity index (χ0) is 25.9. The van der Waals surface area contributed by atoms with E-state index in [9.17, 15) is 10.1 Å². The zero-order valence-corrected chi connectivity index (χ0v) is 22.3. The second-order valence-corrected chi connectivity index (χ2v) is 10.4. The Labute approximate surface area is 224 Å². The Kier molecular flexibility index (Phi) is 7.12. The zero-order valence-electron chi connectivity index (χ0n) is 20.7. The van der Waals surface area contributed by atoms with Crippen molar-refractivity contribution in [2.75, 3.05) is 30.9 Å². The lowest BCUT2D eigenvalue weighted by Gasteiger charge is -2.17. The largest absolute Gasteiger partial charge is 0.497 e. The smallest absolute Gasteiger partial charge is 0.269 e. The molecule has 0 saturated carbocycles. The van der Waals surface area contributed by atoms with Crippen molar-refractivity contribution in [2.45, 2.75) is 18.4 Å². The van der Waals surface area contributed by atoms with E-state index in [-0.39, 0.29) is 5.91 Å². The molecule has 7 nitrogen and oxygen atoms in total. The molecule has 1 amide bonds. The van der Waals surface area contributed by atoms with Gasteiger partial charge in [0.25, 0.3) is 5.91 Å². The van der Waals surface area contributed by atoms with Gasteiger partial charge >= 0.3 is 0 Å². The Bertz CT molecular complexity index is 1460. The molecule has 0 spiro atoms. The molecule has 0 atom stereocenters. The van der Waals surface area contributed by atoms with Crippen LogP contribution in [-0.2, 0) is 11.3 Å². The van der Waals surface area contributed by atoms with E-state index in [0.717, 1.165) is 32.6 Å². The fourth-order valence-corrected chi connectivity index (χ4v) is 6.44. The van der Waals surface area contributed by atoms with Gasteiger partial charge < -0.3 is 15.0 Å². The molecule has 0 bridgehead atoms. The Balaban J connectivity index is 1.58. The molecule has 9 heteroatoms. The first-order valence-corrected chi connectivity index (χ1v) is 13.4. The highest BCUT2D eigenvalue weighted by Crippen LogP contribution is 2.50. The van der Waals surface area contributed by atoms with E-state index in [1.807, 2.05) is 56.4 Å². The van der Waals surface area contributed by atoms with Gasteiger partial charge in [-0.15, -0.1) is 0 Å². The lowest BCUT2D eigenvalue weighted by atomic mass is 10.2. The number of carbonyl (C=O) groups excluding carboxylic acids is 1. The first kappa shape index (κ1) is 24.8. The second kappa shape index (κ2) is 10.6. The fourth-order valence-electron chi connectivity index (χ4n) is 4.11. The third-order valence-electron chi connectivity index (χ3n) is 6.01. The molecule has 0 radical (unpaired) electrons. The van der Waals surface area contributed by atoms with Gasteiger partial charge in [-0.3, -0.25) is 9.69 Å². The average molecular weight is 528 g/mol. The number of ether oxygens (including phenoxy) is 1. The SMILES string of the molecule is CCNc1ccc(C#N)cc1N=C1SC(=C2Sc3ccccc3N2C)C(=O)N1Cc1ccc(OC)cc1. The van der Waals surface area contributed by atoms with Crippen LogP contribution in [0.2, 0.25) is 0 Å². The van der Waals surface area contributed by atoms with E-state index in [0.29, 0.717) is 34.4 Å². The molecule has 186 valence electrons. The van der Waals surface area contributed by atoms with Gasteiger partial charge in [-0.1, -0.05) is 36.0 Å². The monoisotopic (exact) mass is 527 g/mol. The van der Waals surface area contributed by atoms with Crippen molar-refractivity contribution in [3.05, 3.63) is 87.8 Å². The molecule has 0 unspecified atom stereocenters. The summed E-state index contributed by atoms with van der Waals surface area (Å²) < 4.78 is 5.29. The molecular formula is C28H25N5O2S2. The van der Waals surface area contributed by atoms with Crippen molar-refractivity contribution in [2.24, 2.45) is 4.99 Å². The van der Waals surface area contributed by atoms with Crippen molar-refractivity contribution in [3.63, 3.8) is 0 Å². The number of methoxy groups -OCH3 is 1. The van der Waals surface area contributed by atoms with E-state index in [1.165, 1.54) is 11.8 Å². The van der Waals surface area contributed by atoms with Crippen molar-refractivity contribution >= 4 is 51.7 Å². The minimum Gasteiger partial charge on any atom is -0.497 e. The summed E-state index contributed by atoms with van der Waals surface area (Å²) in [5.74, 6) is 0.663. The highest BCUT2D eigenvalue weighted by Gasteiger charge is 2.39. The fraction of sp³-hybridized carbons (Fsp3) is 0.179. The van der Waals surface area contributed by atoms with E-state index >= 15 is 0 Å². The number of nitrogens with one attached hydrogen (secondary N) is 1. The maximum Gasteiger partial charge on any atom is 0.269 e. The molecule has 5 rings (SSSR count). The van der Waals surface area contributed by atoms with Gasteiger partial charge in [-0.05, 0) is 66.7 Å². The van der Waals surface area contributed by atoms with Crippen LogP contribution in [0.4, 0.5) is 17.1 Å². The molecule has 0 aliphatic carbocycles. The molecule has 37 heavy (non-hydrogen) atoms. The number of carbonyl (C=O) groups is 1. The van der Waals surface area contributed by atoms with Gasteiger partial charge in [-0.2, -0.15) is 5.26 Å². The van der Waals surface area contributed by atoms with E-state index in [4.69, 9.17) is 9.73 Å². The molecule has 3 aromatic carbocycles. The first-order valence-electron chi connectivity index (χ1n) is 11.8. The summed E-state index contributed by atoms with van der Waals surface area (Å²) in [5, 5.41) is 14.2. The number of benzene rings is 3. The number of aliphatic imine (C=N–C) groups is 1. The predicted octanol–water partition coefficient (Wildman–Crippen LogP) is 6.17. The number of amides is 1. The number of amidine groups is 1. The number of thioether (sulfide) groups is 2. The molecule has 2 aliphatic heterocycles. The van der Waals surface area contributed by atoms with E-state index in [1.54, 1.807) is 35.9 Å². The Morgan fingerprint density at radius 2 is 1.86 bits per heavy atom. The van der Waals surface area contributed by atoms with Crippen LogP contribution in [-0.4, -0.2) is 36.7 Å². The molecule has 3 aromatic rings. The average Bonchev–Trinajstić information content (AvgIpc) is 3.41. The summed E-state index contributed by atoms with van der Waals surface area (Å²) in [4.78, 5) is 24.3. The highest BCUT2D eigenvalue weighted by molar-refractivity contribution is 8.19. The number of rotatable bonds is 6. The Morgan fingerprint density at radius 1 is 1.08 bits per heavy atom. The maximum atomic E-state index is 13.9. The molecule has 2 aliphatic rings. The number of para-hydroxylation sites is 1. The van der Waals surface area contributed by atoms with Crippen molar-refractivity contribution in [1.82, 2.24) is 4.90 Å². The van der Waals surface area contributed by atoms with E-state index < -0.39 is 0 Å². The number of hydrogen-bond donors (Lipinski definition) is 1. The number of anilines is 2. The predicted molar refractivity (Wildman–Crippen MR) is 151 cm³/mol. The number of fused-ring (bicyclic) bond motifs is 1. The minimum atomic E-state index is -0.0943. The molecule has 0 aromatic heterocycles. The van der Waals surface area contributed by atoms with Crippen LogP contribution in [0.15, 0.2) is 86.6 Å². The van der Waals surface area contributed by atoms with Crippen LogP contribution in [0.5, 0.6) is 5.75 Å². The minimum absolute atomic E-state index is 0.0943. The first-order chi connectivity index (χ1) is 18.0. The van der Waals surface area contributed by atoms with Crippen LogP contribution in [0.25, 0.3) is 0 Å². The van der Waals surface area contributed by atoms with Crippen LogP contribution in [0.3, 0.4) is 0 Å². The number of hydrogen-bond acceptors (Lipinski definition) is 8. The van der Waals surface area contributed by atoms with Crippen LogP contribution >= 0.6 is 23.5 Å². The third-order valence-corrected chi connectivity index (χ3v) is 8.44. The van der Waals surface area contributed by atoms with Crippen LogP contribution < -0.4 is 15.0 Å². The Morgan fingerprint density at radius 3 is 2.57 bits per heavy atom. The summed E-state index contributed by atoms with van der Waals surface area (Å²) in [5.41, 5.74) is 3.98. The number of nitriles is 1. The summed E-state index contributed by atoms with van der Waals surface area (Å²) in [6.07, 6.45) is 0.